The molecule has 2 heterocycles. The molecule has 2 aliphatic rings. The minimum absolute atomic E-state index is 0.0477. The van der Waals surface area contributed by atoms with Crippen molar-refractivity contribution in [3.8, 4) is 11.5 Å². The molecular formula is C22H23ClN2O4. The van der Waals surface area contributed by atoms with Crippen LogP contribution in [0.5, 0.6) is 11.5 Å². The molecular weight excluding hydrogens is 392 g/mol. The van der Waals surface area contributed by atoms with Crippen LogP contribution in [0.1, 0.15) is 34.3 Å². The van der Waals surface area contributed by atoms with Gasteiger partial charge in [-0.3, -0.25) is 9.59 Å². The van der Waals surface area contributed by atoms with Crippen LogP contribution in [-0.2, 0) is 11.2 Å². The van der Waals surface area contributed by atoms with E-state index in [-0.39, 0.29) is 18.2 Å². The zero-order valence-electron chi connectivity index (χ0n) is 16.3. The van der Waals surface area contributed by atoms with Gasteiger partial charge in [-0.1, -0.05) is 11.6 Å². The van der Waals surface area contributed by atoms with E-state index in [4.69, 9.17) is 21.1 Å². The molecule has 0 radical (unpaired) electrons. The number of rotatable bonds is 4. The number of carbonyl (C=O) groups excluding carboxylic acids is 2. The van der Waals surface area contributed by atoms with Crippen molar-refractivity contribution in [3.05, 3.63) is 52.0 Å². The first kappa shape index (κ1) is 19.6. The molecule has 0 saturated carbocycles. The molecule has 0 aliphatic carbocycles. The first-order valence-electron chi connectivity index (χ1n) is 9.79. The van der Waals surface area contributed by atoms with Crippen molar-refractivity contribution in [2.75, 3.05) is 31.6 Å². The zero-order chi connectivity index (χ0) is 20.4. The van der Waals surface area contributed by atoms with Gasteiger partial charge in [-0.15, -0.1) is 0 Å². The molecule has 1 fully saturated rings. The van der Waals surface area contributed by atoms with Gasteiger partial charge in [0, 0.05) is 35.4 Å². The summed E-state index contributed by atoms with van der Waals surface area (Å²) in [5.41, 5.74) is 2.85. The van der Waals surface area contributed by atoms with Crippen LogP contribution in [0.4, 0.5) is 5.69 Å². The summed E-state index contributed by atoms with van der Waals surface area (Å²) >= 11 is 6.30. The monoisotopic (exact) mass is 414 g/mol. The standard InChI is InChI=1S/C22H23ClN2O4/c1-14-10-15(22(27)25-6-2-3-7-25)4-5-18(14)24-21(26)12-16-11-19-20(13-17(16)23)29-9-8-28-19/h4-5,10-11,13H,2-3,6-9,12H2,1H3,(H,24,26). The molecule has 2 aromatic rings. The van der Waals surface area contributed by atoms with Gasteiger partial charge in [-0.05, 0) is 55.2 Å². The Kier molecular flexibility index (Phi) is 5.62. The Bertz CT molecular complexity index is 954. The molecule has 152 valence electrons. The van der Waals surface area contributed by atoms with Crippen molar-refractivity contribution < 1.29 is 19.1 Å². The van der Waals surface area contributed by atoms with Crippen LogP contribution in [0.2, 0.25) is 5.02 Å². The lowest BCUT2D eigenvalue weighted by molar-refractivity contribution is -0.115. The summed E-state index contributed by atoms with van der Waals surface area (Å²) in [5.74, 6) is 1.06. The second-order valence-corrected chi connectivity index (χ2v) is 7.75. The smallest absolute Gasteiger partial charge is 0.253 e. The molecule has 0 aromatic heterocycles. The van der Waals surface area contributed by atoms with E-state index >= 15 is 0 Å². The second-order valence-electron chi connectivity index (χ2n) is 7.34. The molecule has 1 saturated heterocycles. The molecule has 4 rings (SSSR count). The van der Waals surface area contributed by atoms with Gasteiger partial charge in [0.2, 0.25) is 5.91 Å². The first-order valence-corrected chi connectivity index (χ1v) is 10.2. The third-order valence-electron chi connectivity index (χ3n) is 5.20. The van der Waals surface area contributed by atoms with E-state index in [0.29, 0.717) is 46.5 Å². The predicted octanol–water partition coefficient (Wildman–Crippen LogP) is 3.84. The van der Waals surface area contributed by atoms with Gasteiger partial charge in [0.1, 0.15) is 13.2 Å². The van der Waals surface area contributed by atoms with Gasteiger partial charge in [-0.25, -0.2) is 0 Å². The number of nitrogens with zero attached hydrogens (tertiary/aromatic N) is 1. The lowest BCUT2D eigenvalue weighted by atomic mass is 10.1. The summed E-state index contributed by atoms with van der Waals surface area (Å²) in [6.07, 6.45) is 2.23. The molecule has 0 spiro atoms. The van der Waals surface area contributed by atoms with Crippen molar-refractivity contribution in [2.24, 2.45) is 0 Å². The molecule has 0 unspecified atom stereocenters. The summed E-state index contributed by atoms with van der Waals surface area (Å²) in [4.78, 5) is 27.0. The van der Waals surface area contributed by atoms with E-state index in [9.17, 15) is 9.59 Å². The Balaban J connectivity index is 1.44. The fourth-order valence-corrected chi connectivity index (χ4v) is 3.87. The van der Waals surface area contributed by atoms with Crippen LogP contribution in [-0.4, -0.2) is 43.0 Å². The summed E-state index contributed by atoms with van der Waals surface area (Å²) in [6, 6.07) is 8.80. The Morgan fingerprint density at radius 3 is 2.45 bits per heavy atom. The lowest BCUT2D eigenvalue weighted by Gasteiger charge is -2.20. The van der Waals surface area contributed by atoms with Gasteiger partial charge in [0.15, 0.2) is 11.5 Å². The summed E-state index contributed by atoms with van der Waals surface area (Å²) in [7, 11) is 0. The maximum Gasteiger partial charge on any atom is 0.253 e. The van der Waals surface area contributed by atoms with Gasteiger partial charge >= 0.3 is 0 Å². The maximum absolute atomic E-state index is 12.6. The molecule has 6 nitrogen and oxygen atoms in total. The normalized spacial score (nSPS) is 15.3. The van der Waals surface area contributed by atoms with E-state index in [2.05, 4.69) is 5.32 Å². The van der Waals surface area contributed by atoms with Crippen molar-refractivity contribution in [2.45, 2.75) is 26.2 Å². The second kappa shape index (κ2) is 8.33. The Morgan fingerprint density at radius 2 is 1.76 bits per heavy atom. The highest BCUT2D eigenvalue weighted by Crippen LogP contribution is 2.35. The minimum atomic E-state index is -0.190. The molecule has 2 amide bonds. The number of aryl methyl sites for hydroxylation is 1. The molecule has 0 atom stereocenters. The van der Waals surface area contributed by atoms with Gasteiger partial charge < -0.3 is 19.7 Å². The molecule has 7 heteroatoms. The van der Waals surface area contributed by atoms with Gasteiger partial charge in [-0.2, -0.15) is 0 Å². The maximum atomic E-state index is 12.6. The van der Waals surface area contributed by atoms with Crippen LogP contribution in [0.25, 0.3) is 0 Å². The number of carbonyl (C=O) groups is 2. The quantitative estimate of drug-likeness (QED) is 0.825. The summed E-state index contributed by atoms with van der Waals surface area (Å²) < 4.78 is 11.1. The average molecular weight is 415 g/mol. The topological polar surface area (TPSA) is 67.9 Å². The number of anilines is 1. The third kappa shape index (κ3) is 4.32. The van der Waals surface area contributed by atoms with Crippen LogP contribution in [0.3, 0.4) is 0 Å². The number of hydrogen-bond donors (Lipinski definition) is 1. The molecule has 1 N–H and O–H groups in total. The SMILES string of the molecule is Cc1cc(C(=O)N2CCCC2)ccc1NC(=O)Cc1cc2c(cc1Cl)OCCO2. The highest BCUT2D eigenvalue weighted by Gasteiger charge is 2.20. The van der Waals surface area contributed by atoms with E-state index in [1.165, 1.54) is 0 Å². The van der Waals surface area contributed by atoms with Crippen molar-refractivity contribution in [1.29, 1.82) is 0 Å². The van der Waals surface area contributed by atoms with Crippen molar-refractivity contribution in [1.82, 2.24) is 4.90 Å². The highest BCUT2D eigenvalue weighted by atomic mass is 35.5. The number of nitrogens with one attached hydrogen (secondary N) is 1. The van der Waals surface area contributed by atoms with Crippen LogP contribution in [0.15, 0.2) is 30.3 Å². The number of fused-ring (bicyclic) bond motifs is 1. The average Bonchev–Trinajstić information content (AvgIpc) is 3.24. The highest BCUT2D eigenvalue weighted by molar-refractivity contribution is 6.31. The first-order chi connectivity index (χ1) is 14.0. The van der Waals surface area contributed by atoms with Crippen LogP contribution < -0.4 is 14.8 Å². The minimum Gasteiger partial charge on any atom is -0.486 e. The number of ether oxygens (including phenoxy) is 2. The van der Waals surface area contributed by atoms with Crippen LogP contribution >= 0.6 is 11.6 Å². The Morgan fingerprint density at radius 1 is 1.07 bits per heavy atom. The Labute approximate surface area is 174 Å². The fourth-order valence-electron chi connectivity index (χ4n) is 3.65. The number of halogens is 1. The van der Waals surface area contributed by atoms with E-state index < -0.39 is 0 Å². The van der Waals surface area contributed by atoms with Gasteiger partial charge in [0.05, 0.1) is 6.42 Å². The number of amides is 2. The third-order valence-corrected chi connectivity index (χ3v) is 5.55. The predicted molar refractivity (Wildman–Crippen MR) is 111 cm³/mol. The number of benzene rings is 2. The number of likely N-dealkylation sites (tertiary alicyclic amines) is 1. The van der Waals surface area contributed by atoms with Crippen molar-refractivity contribution >= 4 is 29.1 Å². The lowest BCUT2D eigenvalue weighted by Crippen LogP contribution is -2.27. The molecule has 2 aliphatic heterocycles. The molecule has 2 aromatic carbocycles. The number of hydrogen-bond acceptors (Lipinski definition) is 4. The van der Waals surface area contributed by atoms with E-state index in [1.807, 2.05) is 17.9 Å². The van der Waals surface area contributed by atoms with E-state index in [0.717, 1.165) is 31.5 Å². The fraction of sp³-hybridized carbons (Fsp3) is 0.364. The zero-order valence-corrected chi connectivity index (χ0v) is 17.1. The summed E-state index contributed by atoms with van der Waals surface area (Å²) in [5, 5.41) is 3.37. The van der Waals surface area contributed by atoms with Gasteiger partial charge in [0.25, 0.3) is 5.91 Å². The Hall–Kier alpha value is -2.73. The van der Waals surface area contributed by atoms with E-state index in [1.54, 1.807) is 24.3 Å². The van der Waals surface area contributed by atoms with Crippen molar-refractivity contribution in [3.63, 3.8) is 0 Å². The molecule has 29 heavy (non-hydrogen) atoms. The summed E-state index contributed by atoms with van der Waals surface area (Å²) in [6.45, 7) is 4.47. The molecule has 0 bridgehead atoms. The van der Waals surface area contributed by atoms with Crippen LogP contribution in [0, 0.1) is 6.92 Å². The largest absolute Gasteiger partial charge is 0.486 e.